The molecule has 0 aliphatic carbocycles. The number of ether oxygens (including phenoxy) is 1. The van der Waals surface area contributed by atoms with Gasteiger partial charge in [0.1, 0.15) is 12.3 Å². The second kappa shape index (κ2) is 9.83. The van der Waals surface area contributed by atoms with Crippen molar-refractivity contribution in [2.45, 2.75) is 29.4 Å². The molecule has 0 spiro atoms. The molecule has 2 aliphatic rings. The lowest BCUT2D eigenvalue weighted by atomic mass is 10.1. The quantitative estimate of drug-likeness (QED) is 0.668. The first-order valence-electron chi connectivity index (χ1n) is 10.5. The number of likely N-dealkylation sites (tertiary alicyclic amines) is 1. The van der Waals surface area contributed by atoms with E-state index in [2.05, 4.69) is 5.32 Å². The fourth-order valence-corrected chi connectivity index (χ4v) is 5.29. The Bertz CT molecular complexity index is 1040. The predicted molar refractivity (Wildman–Crippen MR) is 126 cm³/mol. The van der Waals surface area contributed by atoms with Crippen LogP contribution in [0.2, 0.25) is 5.02 Å². The number of anilines is 2. The normalized spacial score (nSPS) is 18.2. The maximum absolute atomic E-state index is 13.4. The third-order valence-electron chi connectivity index (χ3n) is 5.52. The average Bonchev–Trinajstić information content (AvgIpc) is 2.81. The standard InChI is InChI=1S/C23H24ClN3O4S/c1-31-18-10-9-15(24)13-16(18)25-20(28)14-27-17-7-3-4-8-19(17)32-21(23(27)30)22(29)26-11-5-2-6-12-26/h3-4,7-10,13,21H,2,5-6,11-12,14H2,1H3,(H,25,28)/t21-/m1/s1. The Hall–Kier alpha value is -2.71. The lowest BCUT2D eigenvalue weighted by Crippen LogP contribution is -2.52. The molecule has 1 N–H and O–H groups in total. The van der Waals surface area contributed by atoms with Crippen LogP contribution >= 0.6 is 23.4 Å². The Balaban J connectivity index is 1.56. The minimum Gasteiger partial charge on any atom is -0.495 e. The summed E-state index contributed by atoms with van der Waals surface area (Å²) in [6.45, 7) is 1.11. The van der Waals surface area contributed by atoms with Crippen molar-refractivity contribution in [1.82, 2.24) is 4.90 Å². The number of fused-ring (bicyclic) bond motifs is 1. The number of carbonyl (C=O) groups excluding carboxylic acids is 3. The zero-order valence-corrected chi connectivity index (χ0v) is 19.2. The van der Waals surface area contributed by atoms with Crippen LogP contribution in [0.3, 0.4) is 0 Å². The highest BCUT2D eigenvalue weighted by molar-refractivity contribution is 8.01. The number of rotatable bonds is 5. The van der Waals surface area contributed by atoms with Crippen molar-refractivity contribution in [1.29, 1.82) is 0 Å². The number of amides is 3. The molecule has 2 aromatic rings. The van der Waals surface area contributed by atoms with Gasteiger partial charge >= 0.3 is 0 Å². The average molecular weight is 474 g/mol. The fraction of sp³-hybridized carbons (Fsp3) is 0.348. The van der Waals surface area contributed by atoms with Crippen molar-refractivity contribution in [2.24, 2.45) is 0 Å². The van der Waals surface area contributed by atoms with Crippen LogP contribution in [0, 0.1) is 0 Å². The molecule has 2 heterocycles. The minimum atomic E-state index is -0.892. The SMILES string of the molecule is COc1ccc(Cl)cc1NC(=O)CN1C(=O)[C@@H](C(=O)N2CCCCC2)Sc2ccccc21. The molecule has 3 amide bonds. The molecule has 0 unspecified atom stereocenters. The van der Waals surface area contributed by atoms with Gasteiger partial charge in [-0.15, -0.1) is 11.8 Å². The zero-order chi connectivity index (χ0) is 22.7. The summed E-state index contributed by atoms with van der Waals surface area (Å²) in [5.74, 6) is -0.514. The summed E-state index contributed by atoms with van der Waals surface area (Å²) in [5, 5.41) is 2.32. The molecule has 1 saturated heterocycles. The number of nitrogens with zero attached hydrogens (tertiary/aromatic N) is 2. The van der Waals surface area contributed by atoms with Crippen molar-refractivity contribution in [3.8, 4) is 5.75 Å². The van der Waals surface area contributed by atoms with Crippen molar-refractivity contribution < 1.29 is 19.1 Å². The Kier molecular flexibility index (Phi) is 6.91. The van der Waals surface area contributed by atoms with Crippen LogP contribution in [0.5, 0.6) is 5.75 Å². The summed E-state index contributed by atoms with van der Waals surface area (Å²) in [7, 11) is 1.50. The highest BCUT2D eigenvalue weighted by atomic mass is 35.5. The van der Waals surface area contributed by atoms with Crippen LogP contribution in [-0.2, 0) is 14.4 Å². The Morgan fingerprint density at radius 2 is 1.91 bits per heavy atom. The molecule has 4 rings (SSSR count). The number of hydrogen-bond donors (Lipinski definition) is 1. The summed E-state index contributed by atoms with van der Waals surface area (Å²) >= 11 is 7.31. The molecule has 0 radical (unpaired) electrons. The number of nitrogens with one attached hydrogen (secondary N) is 1. The highest BCUT2D eigenvalue weighted by Gasteiger charge is 2.41. The smallest absolute Gasteiger partial charge is 0.250 e. The van der Waals surface area contributed by atoms with Crippen LogP contribution < -0.4 is 15.0 Å². The van der Waals surface area contributed by atoms with Gasteiger partial charge in [0.05, 0.1) is 18.5 Å². The molecule has 0 bridgehead atoms. The van der Waals surface area contributed by atoms with Crippen molar-refractivity contribution in [3.05, 3.63) is 47.5 Å². The van der Waals surface area contributed by atoms with E-state index in [-0.39, 0.29) is 18.4 Å². The topological polar surface area (TPSA) is 79.0 Å². The van der Waals surface area contributed by atoms with E-state index in [9.17, 15) is 14.4 Å². The predicted octanol–water partition coefficient (Wildman–Crippen LogP) is 3.81. The van der Waals surface area contributed by atoms with Gasteiger partial charge in [0.2, 0.25) is 11.8 Å². The Morgan fingerprint density at radius 1 is 1.16 bits per heavy atom. The van der Waals surface area contributed by atoms with Gasteiger partial charge in [-0.05, 0) is 49.6 Å². The first-order chi connectivity index (χ1) is 15.5. The van der Waals surface area contributed by atoms with Crippen LogP contribution in [0.1, 0.15) is 19.3 Å². The number of thioether (sulfide) groups is 1. The van der Waals surface area contributed by atoms with Gasteiger partial charge in [0.25, 0.3) is 5.91 Å². The van der Waals surface area contributed by atoms with Crippen LogP contribution in [-0.4, -0.2) is 54.6 Å². The number of benzene rings is 2. The molecular weight excluding hydrogens is 450 g/mol. The van der Waals surface area contributed by atoms with E-state index in [0.29, 0.717) is 35.2 Å². The Labute approximate surface area is 196 Å². The van der Waals surface area contributed by atoms with E-state index < -0.39 is 11.2 Å². The van der Waals surface area contributed by atoms with Gasteiger partial charge in [-0.3, -0.25) is 14.4 Å². The third-order valence-corrected chi connectivity index (χ3v) is 6.99. The lowest BCUT2D eigenvalue weighted by molar-refractivity contribution is -0.135. The van der Waals surface area contributed by atoms with E-state index in [1.165, 1.54) is 23.8 Å². The number of methoxy groups -OCH3 is 1. The monoisotopic (exact) mass is 473 g/mol. The maximum Gasteiger partial charge on any atom is 0.250 e. The van der Waals surface area contributed by atoms with E-state index in [4.69, 9.17) is 16.3 Å². The summed E-state index contributed by atoms with van der Waals surface area (Å²) < 4.78 is 5.28. The summed E-state index contributed by atoms with van der Waals surface area (Å²) in [6, 6.07) is 12.2. The van der Waals surface area contributed by atoms with Crippen molar-refractivity contribution in [2.75, 3.05) is 37.0 Å². The van der Waals surface area contributed by atoms with Crippen molar-refractivity contribution in [3.63, 3.8) is 0 Å². The zero-order valence-electron chi connectivity index (χ0n) is 17.7. The number of hydrogen-bond acceptors (Lipinski definition) is 5. The number of carbonyl (C=O) groups is 3. The molecule has 7 nitrogen and oxygen atoms in total. The first-order valence-corrected chi connectivity index (χ1v) is 11.7. The molecule has 9 heteroatoms. The molecular formula is C23H24ClN3O4S. The third kappa shape index (κ3) is 4.71. The molecule has 32 heavy (non-hydrogen) atoms. The molecule has 0 aromatic heterocycles. The van der Waals surface area contributed by atoms with Gasteiger partial charge in [-0.1, -0.05) is 23.7 Å². The molecule has 168 valence electrons. The largest absolute Gasteiger partial charge is 0.495 e. The van der Waals surface area contributed by atoms with E-state index >= 15 is 0 Å². The van der Waals surface area contributed by atoms with Gasteiger partial charge in [0, 0.05) is 23.0 Å². The van der Waals surface area contributed by atoms with Crippen molar-refractivity contribution >= 4 is 52.5 Å². The van der Waals surface area contributed by atoms with E-state index in [0.717, 1.165) is 24.2 Å². The number of piperidine rings is 1. The molecule has 2 aliphatic heterocycles. The molecule has 2 aromatic carbocycles. The lowest BCUT2D eigenvalue weighted by Gasteiger charge is -2.36. The second-order valence-corrected chi connectivity index (χ2v) is 9.25. The minimum absolute atomic E-state index is 0.184. The van der Waals surface area contributed by atoms with Crippen LogP contribution in [0.25, 0.3) is 0 Å². The van der Waals surface area contributed by atoms with Gasteiger partial charge < -0.3 is 19.9 Å². The molecule has 0 saturated carbocycles. The van der Waals surface area contributed by atoms with E-state index in [1.807, 2.05) is 18.2 Å². The fourth-order valence-electron chi connectivity index (χ4n) is 3.93. The van der Waals surface area contributed by atoms with E-state index in [1.54, 1.807) is 29.2 Å². The molecule has 1 atom stereocenters. The van der Waals surface area contributed by atoms with Gasteiger partial charge in [-0.2, -0.15) is 0 Å². The number of halogens is 1. The molecule has 1 fully saturated rings. The number of para-hydroxylation sites is 1. The first kappa shape index (κ1) is 22.5. The summed E-state index contributed by atoms with van der Waals surface area (Å²) in [5.41, 5.74) is 1.04. The maximum atomic E-state index is 13.4. The second-order valence-electron chi connectivity index (χ2n) is 7.67. The Morgan fingerprint density at radius 3 is 2.66 bits per heavy atom. The highest BCUT2D eigenvalue weighted by Crippen LogP contribution is 2.40. The van der Waals surface area contributed by atoms with Gasteiger partial charge in [0.15, 0.2) is 5.25 Å². The van der Waals surface area contributed by atoms with Gasteiger partial charge in [-0.25, -0.2) is 0 Å². The van der Waals surface area contributed by atoms with Crippen LogP contribution in [0.4, 0.5) is 11.4 Å². The summed E-state index contributed by atoms with van der Waals surface area (Å²) in [4.78, 5) is 43.4. The summed E-state index contributed by atoms with van der Waals surface area (Å²) in [6.07, 6.45) is 2.99. The van der Waals surface area contributed by atoms with Crippen LogP contribution in [0.15, 0.2) is 47.4 Å².